The Morgan fingerprint density at radius 1 is 1.38 bits per heavy atom. The second-order valence-electron chi connectivity index (χ2n) is 5.34. The lowest BCUT2D eigenvalue weighted by Gasteiger charge is -2.34. The maximum atomic E-state index is 9.16. The van der Waals surface area contributed by atoms with Crippen LogP contribution in [0.25, 0.3) is 0 Å². The van der Waals surface area contributed by atoms with Gasteiger partial charge in [0.2, 0.25) is 0 Å². The van der Waals surface area contributed by atoms with Crippen molar-refractivity contribution in [3.63, 3.8) is 0 Å². The molecule has 1 fully saturated rings. The average molecular weight is 219 g/mol. The number of hydrogen-bond donors (Lipinski definition) is 1. The highest BCUT2D eigenvalue weighted by molar-refractivity contribution is 5.53. The fraction of sp³-hybridized carbons (Fsp3) is 0.571. The van der Waals surface area contributed by atoms with Crippen LogP contribution >= 0.6 is 0 Å². The Kier molecular flexibility index (Phi) is 2.94. The lowest BCUT2D eigenvalue weighted by Crippen LogP contribution is -2.38. The van der Waals surface area contributed by atoms with E-state index in [4.69, 9.17) is 5.11 Å². The summed E-state index contributed by atoms with van der Waals surface area (Å²) in [5, 5.41) is 9.16. The summed E-state index contributed by atoms with van der Waals surface area (Å²) in [4.78, 5) is 2.47. The second kappa shape index (κ2) is 4.10. The summed E-state index contributed by atoms with van der Waals surface area (Å²) < 4.78 is 0. The van der Waals surface area contributed by atoms with Crippen molar-refractivity contribution < 1.29 is 5.11 Å². The zero-order chi connectivity index (χ0) is 11.8. The van der Waals surface area contributed by atoms with E-state index in [1.807, 2.05) is 6.07 Å². The smallest absolute Gasteiger partial charge is 0.0684 e. The van der Waals surface area contributed by atoms with Gasteiger partial charge < -0.3 is 10.0 Å². The molecule has 2 rings (SSSR count). The van der Waals surface area contributed by atoms with Gasteiger partial charge in [-0.1, -0.05) is 6.07 Å². The highest BCUT2D eigenvalue weighted by atomic mass is 16.3. The van der Waals surface area contributed by atoms with Gasteiger partial charge in [0.15, 0.2) is 0 Å². The molecule has 0 atom stereocenters. The van der Waals surface area contributed by atoms with Crippen LogP contribution in [0.15, 0.2) is 18.2 Å². The van der Waals surface area contributed by atoms with Crippen LogP contribution in [0, 0.1) is 6.92 Å². The average Bonchev–Trinajstić information content (AvgIpc) is 2.58. The van der Waals surface area contributed by atoms with Crippen LogP contribution in [0.1, 0.15) is 37.8 Å². The first-order chi connectivity index (χ1) is 7.54. The Morgan fingerprint density at radius 3 is 2.62 bits per heavy atom. The molecule has 1 aromatic rings. The summed E-state index contributed by atoms with van der Waals surface area (Å²) in [7, 11) is 0. The summed E-state index contributed by atoms with van der Waals surface area (Å²) in [5.41, 5.74) is 3.77. The van der Waals surface area contributed by atoms with E-state index >= 15 is 0 Å². The molecule has 0 amide bonds. The molecule has 1 N–H and O–H groups in total. The molecule has 1 saturated heterocycles. The van der Waals surface area contributed by atoms with Gasteiger partial charge in [-0.15, -0.1) is 0 Å². The van der Waals surface area contributed by atoms with Crippen molar-refractivity contribution in [2.75, 3.05) is 11.4 Å². The van der Waals surface area contributed by atoms with E-state index in [9.17, 15) is 0 Å². The Balaban J connectivity index is 2.31. The molecule has 1 aliphatic heterocycles. The van der Waals surface area contributed by atoms with Gasteiger partial charge in [0.1, 0.15) is 0 Å². The molecule has 0 aromatic heterocycles. The first-order valence-electron chi connectivity index (χ1n) is 6.02. The highest BCUT2D eigenvalue weighted by Gasteiger charge is 2.31. The fourth-order valence-electron chi connectivity index (χ4n) is 2.61. The first kappa shape index (κ1) is 11.5. The minimum atomic E-state index is 0.134. The van der Waals surface area contributed by atoms with Crippen molar-refractivity contribution in [1.82, 2.24) is 0 Å². The van der Waals surface area contributed by atoms with Gasteiger partial charge in [-0.2, -0.15) is 0 Å². The molecular formula is C14H21NO. The molecule has 88 valence electrons. The van der Waals surface area contributed by atoms with Crippen LogP contribution in [-0.4, -0.2) is 17.2 Å². The molecule has 1 aliphatic rings. The summed E-state index contributed by atoms with van der Waals surface area (Å²) in [5.74, 6) is 0. The third-order valence-corrected chi connectivity index (χ3v) is 3.71. The van der Waals surface area contributed by atoms with E-state index in [1.165, 1.54) is 24.1 Å². The number of aryl methyl sites for hydroxylation is 1. The molecule has 2 heteroatoms. The SMILES string of the molecule is Cc1cc(N2CCCC2(C)C)ccc1CO. The summed E-state index contributed by atoms with van der Waals surface area (Å²) in [6, 6.07) is 6.36. The predicted molar refractivity (Wildman–Crippen MR) is 67.8 cm³/mol. The Hall–Kier alpha value is -1.02. The van der Waals surface area contributed by atoms with E-state index in [0.29, 0.717) is 0 Å². The van der Waals surface area contributed by atoms with E-state index in [1.54, 1.807) is 0 Å². The molecule has 0 radical (unpaired) electrons. The molecule has 0 spiro atoms. The lowest BCUT2D eigenvalue weighted by atomic mass is 10.0. The molecule has 0 saturated carbocycles. The number of aliphatic hydroxyl groups is 1. The van der Waals surface area contributed by atoms with E-state index < -0.39 is 0 Å². The zero-order valence-electron chi connectivity index (χ0n) is 10.5. The van der Waals surface area contributed by atoms with Crippen LogP contribution in [-0.2, 0) is 6.61 Å². The van der Waals surface area contributed by atoms with E-state index in [2.05, 4.69) is 37.8 Å². The van der Waals surface area contributed by atoms with Crippen LogP contribution in [0.4, 0.5) is 5.69 Å². The lowest BCUT2D eigenvalue weighted by molar-refractivity contribution is 0.281. The van der Waals surface area contributed by atoms with Crippen molar-refractivity contribution in [1.29, 1.82) is 0 Å². The van der Waals surface area contributed by atoms with Crippen LogP contribution in [0.3, 0.4) is 0 Å². The van der Waals surface area contributed by atoms with Gasteiger partial charge in [-0.05, 0) is 56.9 Å². The third kappa shape index (κ3) is 1.94. The predicted octanol–water partition coefficient (Wildman–Crippen LogP) is 2.87. The van der Waals surface area contributed by atoms with Gasteiger partial charge in [0.25, 0.3) is 0 Å². The van der Waals surface area contributed by atoms with Gasteiger partial charge in [-0.25, -0.2) is 0 Å². The summed E-state index contributed by atoms with van der Waals surface area (Å²) in [6.45, 7) is 7.95. The van der Waals surface area contributed by atoms with Crippen LogP contribution in [0.2, 0.25) is 0 Å². The standard InChI is InChI=1S/C14H21NO/c1-11-9-13(6-5-12(11)10-16)15-8-4-7-14(15,2)3/h5-6,9,16H,4,7-8,10H2,1-3H3. The first-order valence-corrected chi connectivity index (χ1v) is 6.02. The molecule has 0 aliphatic carbocycles. The van der Waals surface area contributed by atoms with Gasteiger partial charge in [0.05, 0.1) is 6.61 Å². The summed E-state index contributed by atoms with van der Waals surface area (Å²) in [6.07, 6.45) is 2.53. The minimum Gasteiger partial charge on any atom is -0.392 e. The Bertz CT molecular complexity index is 384. The zero-order valence-corrected chi connectivity index (χ0v) is 10.5. The van der Waals surface area contributed by atoms with Crippen molar-refractivity contribution >= 4 is 5.69 Å². The van der Waals surface area contributed by atoms with Crippen molar-refractivity contribution in [3.8, 4) is 0 Å². The molecule has 0 unspecified atom stereocenters. The highest BCUT2D eigenvalue weighted by Crippen LogP contribution is 2.34. The maximum Gasteiger partial charge on any atom is 0.0684 e. The molecule has 1 aromatic carbocycles. The van der Waals surface area contributed by atoms with Crippen LogP contribution < -0.4 is 4.90 Å². The van der Waals surface area contributed by atoms with Gasteiger partial charge >= 0.3 is 0 Å². The van der Waals surface area contributed by atoms with Gasteiger partial charge in [-0.3, -0.25) is 0 Å². The molecule has 0 bridgehead atoms. The van der Waals surface area contributed by atoms with Crippen molar-refractivity contribution in [3.05, 3.63) is 29.3 Å². The van der Waals surface area contributed by atoms with E-state index in [-0.39, 0.29) is 12.1 Å². The van der Waals surface area contributed by atoms with Crippen molar-refractivity contribution in [2.24, 2.45) is 0 Å². The number of aliphatic hydroxyl groups excluding tert-OH is 1. The minimum absolute atomic E-state index is 0.134. The molecule has 16 heavy (non-hydrogen) atoms. The summed E-state index contributed by atoms with van der Waals surface area (Å²) >= 11 is 0. The van der Waals surface area contributed by atoms with E-state index in [0.717, 1.165) is 12.1 Å². The second-order valence-corrected chi connectivity index (χ2v) is 5.34. The maximum absolute atomic E-state index is 9.16. The quantitative estimate of drug-likeness (QED) is 0.826. The monoisotopic (exact) mass is 219 g/mol. The largest absolute Gasteiger partial charge is 0.392 e. The molecular weight excluding hydrogens is 198 g/mol. The topological polar surface area (TPSA) is 23.5 Å². The van der Waals surface area contributed by atoms with Crippen LogP contribution in [0.5, 0.6) is 0 Å². The normalized spacial score (nSPS) is 19.1. The Labute approximate surface area is 97.9 Å². The number of benzene rings is 1. The number of nitrogens with zero attached hydrogens (tertiary/aromatic N) is 1. The fourth-order valence-corrected chi connectivity index (χ4v) is 2.61. The third-order valence-electron chi connectivity index (χ3n) is 3.71. The molecule has 2 nitrogen and oxygen atoms in total. The van der Waals surface area contributed by atoms with Gasteiger partial charge in [0, 0.05) is 17.8 Å². The Morgan fingerprint density at radius 2 is 2.12 bits per heavy atom. The number of anilines is 1. The van der Waals surface area contributed by atoms with Crippen molar-refractivity contribution in [2.45, 2.75) is 45.8 Å². The molecule has 1 heterocycles. The number of hydrogen-bond acceptors (Lipinski definition) is 2. The number of rotatable bonds is 2.